The van der Waals surface area contributed by atoms with Gasteiger partial charge in [0.1, 0.15) is 0 Å². The first-order chi connectivity index (χ1) is 8.20. The van der Waals surface area contributed by atoms with E-state index in [-0.39, 0.29) is 5.28 Å². The van der Waals surface area contributed by atoms with Gasteiger partial charge in [-0.15, -0.1) is 0 Å². The zero-order valence-corrected chi connectivity index (χ0v) is 10.5. The molecule has 2 rings (SSSR count). The van der Waals surface area contributed by atoms with E-state index in [2.05, 4.69) is 9.97 Å². The van der Waals surface area contributed by atoms with Crippen LogP contribution in [-0.2, 0) is 4.74 Å². The van der Waals surface area contributed by atoms with Gasteiger partial charge in [0, 0.05) is 26.8 Å². The van der Waals surface area contributed by atoms with Crippen molar-refractivity contribution in [1.29, 1.82) is 0 Å². The summed E-state index contributed by atoms with van der Waals surface area (Å²) in [5.41, 5.74) is 0. The van der Waals surface area contributed by atoms with Crippen LogP contribution in [0.5, 0.6) is 0 Å². The molecular formula is C11H15ClFN3O. The highest BCUT2D eigenvalue weighted by molar-refractivity contribution is 6.28. The Hall–Kier alpha value is -0.940. The largest absolute Gasteiger partial charge is 0.384 e. The summed E-state index contributed by atoms with van der Waals surface area (Å²) in [5, 5.41) is 0.0837. The van der Waals surface area contributed by atoms with Crippen LogP contribution in [0, 0.1) is 11.7 Å². The van der Waals surface area contributed by atoms with Crippen LogP contribution in [0.3, 0.4) is 0 Å². The number of ether oxygens (including phenoxy) is 1. The third kappa shape index (κ3) is 3.04. The van der Waals surface area contributed by atoms with Crippen molar-refractivity contribution >= 4 is 17.4 Å². The average Bonchev–Trinajstić information content (AvgIpc) is 2.34. The van der Waals surface area contributed by atoms with Crippen molar-refractivity contribution in [3.05, 3.63) is 17.3 Å². The van der Waals surface area contributed by atoms with E-state index < -0.39 is 5.82 Å². The number of hydrogen-bond acceptors (Lipinski definition) is 4. The summed E-state index contributed by atoms with van der Waals surface area (Å²) in [6.45, 7) is 2.32. The number of halogens is 2. The molecule has 2 heterocycles. The van der Waals surface area contributed by atoms with E-state index in [1.54, 1.807) is 7.11 Å². The summed E-state index contributed by atoms with van der Waals surface area (Å²) in [5.74, 6) is 0.442. The Bertz CT molecular complexity index is 383. The molecule has 0 amide bonds. The molecule has 17 heavy (non-hydrogen) atoms. The first kappa shape index (κ1) is 12.5. The second kappa shape index (κ2) is 5.60. The Balaban J connectivity index is 2.02. The van der Waals surface area contributed by atoms with Crippen LogP contribution in [0.15, 0.2) is 6.20 Å². The lowest BCUT2D eigenvalue weighted by molar-refractivity contribution is 0.139. The van der Waals surface area contributed by atoms with E-state index in [1.165, 1.54) is 0 Å². The van der Waals surface area contributed by atoms with Crippen LogP contribution in [0.25, 0.3) is 0 Å². The van der Waals surface area contributed by atoms with Crippen LogP contribution in [0.2, 0.25) is 5.28 Å². The number of anilines is 1. The van der Waals surface area contributed by atoms with Crippen molar-refractivity contribution in [1.82, 2.24) is 9.97 Å². The maximum absolute atomic E-state index is 13.5. The fourth-order valence-corrected chi connectivity index (χ4v) is 2.24. The van der Waals surface area contributed by atoms with Crippen molar-refractivity contribution in [3.8, 4) is 0 Å². The molecule has 6 heteroatoms. The Morgan fingerprint density at radius 3 is 2.88 bits per heavy atom. The standard InChI is InChI=1S/C11H15ClFN3O/c1-17-7-8-2-4-16(5-3-8)10-9(13)6-14-11(12)15-10/h6,8H,2-5,7H2,1H3. The maximum atomic E-state index is 13.5. The SMILES string of the molecule is COCC1CCN(c2nc(Cl)ncc2F)CC1. The number of rotatable bonds is 3. The Labute approximate surface area is 105 Å². The molecule has 0 aromatic carbocycles. The summed E-state index contributed by atoms with van der Waals surface area (Å²) < 4.78 is 18.7. The van der Waals surface area contributed by atoms with Gasteiger partial charge in [0.25, 0.3) is 0 Å². The summed E-state index contributed by atoms with van der Waals surface area (Å²) in [7, 11) is 1.70. The van der Waals surface area contributed by atoms with Crippen molar-refractivity contribution < 1.29 is 9.13 Å². The zero-order valence-electron chi connectivity index (χ0n) is 9.70. The van der Waals surface area contributed by atoms with E-state index in [1.807, 2.05) is 4.90 Å². The minimum absolute atomic E-state index is 0.0837. The quantitative estimate of drug-likeness (QED) is 0.780. The van der Waals surface area contributed by atoms with Gasteiger partial charge in [0.2, 0.25) is 5.28 Å². The number of hydrogen-bond donors (Lipinski definition) is 0. The van der Waals surface area contributed by atoms with Gasteiger partial charge in [-0.25, -0.2) is 9.37 Å². The summed E-state index contributed by atoms with van der Waals surface area (Å²) >= 11 is 5.68. The predicted molar refractivity (Wildman–Crippen MR) is 63.8 cm³/mol. The normalized spacial score (nSPS) is 17.5. The lowest BCUT2D eigenvalue weighted by atomic mass is 9.98. The molecule has 0 unspecified atom stereocenters. The van der Waals surface area contributed by atoms with Gasteiger partial charge < -0.3 is 9.64 Å². The molecule has 1 aromatic heterocycles. The maximum Gasteiger partial charge on any atom is 0.224 e. The van der Waals surface area contributed by atoms with Gasteiger partial charge in [0.05, 0.1) is 6.20 Å². The molecule has 1 saturated heterocycles. The highest BCUT2D eigenvalue weighted by Gasteiger charge is 2.22. The summed E-state index contributed by atoms with van der Waals surface area (Å²) in [6.07, 6.45) is 3.08. The van der Waals surface area contributed by atoms with Gasteiger partial charge >= 0.3 is 0 Å². The molecule has 1 aromatic rings. The van der Waals surface area contributed by atoms with Crippen LogP contribution >= 0.6 is 11.6 Å². The lowest BCUT2D eigenvalue weighted by Gasteiger charge is -2.32. The highest BCUT2D eigenvalue weighted by atomic mass is 35.5. The molecule has 0 spiro atoms. The molecule has 0 bridgehead atoms. The molecular weight excluding hydrogens is 245 g/mol. The average molecular weight is 260 g/mol. The molecule has 1 aliphatic rings. The van der Waals surface area contributed by atoms with Gasteiger partial charge in [-0.2, -0.15) is 4.98 Å². The van der Waals surface area contributed by atoms with Crippen LogP contribution in [0.4, 0.5) is 10.2 Å². The van der Waals surface area contributed by atoms with E-state index in [9.17, 15) is 4.39 Å². The topological polar surface area (TPSA) is 38.2 Å². The predicted octanol–water partition coefficient (Wildman–Crippen LogP) is 2.13. The molecule has 0 saturated carbocycles. The van der Waals surface area contributed by atoms with E-state index >= 15 is 0 Å². The van der Waals surface area contributed by atoms with Crippen LogP contribution in [-0.4, -0.2) is 36.8 Å². The third-order valence-electron chi connectivity index (χ3n) is 3.01. The smallest absolute Gasteiger partial charge is 0.224 e. The van der Waals surface area contributed by atoms with E-state index in [0.29, 0.717) is 11.7 Å². The molecule has 94 valence electrons. The second-order valence-corrected chi connectivity index (χ2v) is 4.53. The summed E-state index contributed by atoms with van der Waals surface area (Å²) in [4.78, 5) is 9.46. The third-order valence-corrected chi connectivity index (χ3v) is 3.19. The number of nitrogens with zero attached hydrogens (tertiary/aromatic N) is 3. The Morgan fingerprint density at radius 2 is 2.24 bits per heavy atom. The highest BCUT2D eigenvalue weighted by Crippen LogP contribution is 2.24. The fourth-order valence-electron chi connectivity index (χ4n) is 2.11. The van der Waals surface area contributed by atoms with Gasteiger partial charge in [-0.3, -0.25) is 0 Å². The zero-order chi connectivity index (χ0) is 12.3. The Morgan fingerprint density at radius 1 is 1.53 bits per heavy atom. The molecule has 4 nitrogen and oxygen atoms in total. The minimum Gasteiger partial charge on any atom is -0.384 e. The lowest BCUT2D eigenvalue weighted by Crippen LogP contribution is -2.36. The van der Waals surface area contributed by atoms with Crippen molar-refractivity contribution in [2.75, 3.05) is 31.7 Å². The van der Waals surface area contributed by atoms with Crippen molar-refractivity contribution in [2.45, 2.75) is 12.8 Å². The van der Waals surface area contributed by atoms with E-state index in [0.717, 1.165) is 38.7 Å². The summed E-state index contributed by atoms with van der Waals surface area (Å²) in [6, 6.07) is 0. The molecule has 1 aliphatic heterocycles. The van der Waals surface area contributed by atoms with Gasteiger partial charge in [0.15, 0.2) is 11.6 Å². The molecule has 0 atom stereocenters. The number of methoxy groups -OCH3 is 1. The van der Waals surface area contributed by atoms with Crippen LogP contribution in [0.1, 0.15) is 12.8 Å². The molecule has 1 fully saturated rings. The first-order valence-electron chi connectivity index (χ1n) is 5.62. The number of piperidine rings is 1. The van der Waals surface area contributed by atoms with Crippen molar-refractivity contribution in [2.24, 2.45) is 5.92 Å². The molecule has 0 radical (unpaired) electrons. The first-order valence-corrected chi connectivity index (χ1v) is 6.00. The monoisotopic (exact) mass is 259 g/mol. The van der Waals surface area contributed by atoms with Gasteiger partial charge in [-0.1, -0.05) is 0 Å². The number of aromatic nitrogens is 2. The minimum atomic E-state index is -0.417. The Kier molecular flexibility index (Phi) is 4.12. The molecule has 0 N–H and O–H groups in total. The van der Waals surface area contributed by atoms with Crippen LogP contribution < -0.4 is 4.90 Å². The van der Waals surface area contributed by atoms with Gasteiger partial charge in [-0.05, 0) is 30.4 Å². The fraction of sp³-hybridized carbons (Fsp3) is 0.636. The van der Waals surface area contributed by atoms with E-state index in [4.69, 9.17) is 16.3 Å². The van der Waals surface area contributed by atoms with Crippen molar-refractivity contribution in [3.63, 3.8) is 0 Å². The molecule has 0 aliphatic carbocycles. The second-order valence-electron chi connectivity index (χ2n) is 4.20.